The molecule has 0 saturated heterocycles. The van der Waals surface area contributed by atoms with Crippen molar-refractivity contribution in [1.29, 1.82) is 0 Å². The van der Waals surface area contributed by atoms with E-state index in [-0.39, 0.29) is 12.5 Å². The lowest BCUT2D eigenvalue weighted by molar-refractivity contribution is 0.190. The van der Waals surface area contributed by atoms with Crippen LogP contribution in [0.1, 0.15) is 37.3 Å². The minimum atomic E-state index is -0.733. The molecule has 1 heterocycles. The Hall–Kier alpha value is -1.59. The molecular formula is C13H16ClN3O2. The average Bonchev–Trinajstić information content (AvgIpc) is 2.85. The van der Waals surface area contributed by atoms with Crippen LogP contribution in [0.5, 0.6) is 0 Å². The Morgan fingerprint density at radius 3 is 2.74 bits per heavy atom. The lowest BCUT2D eigenvalue weighted by Crippen LogP contribution is -2.12. The van der Waals surface area contributed by atoms with Crippen LogP contribution < -0.4 is 5.32 Å². The van der Waals surface area contributed by atoms with Gasteiger partial charge in [0.1, 0.15) is 0 Å². The van der Waals surface area contributed by atoms with E-state index >= 15 is 0 Å². The van der Waals surface area contributed by atoms with Gasteiger partial charge in [-0.25, -0.2) is 0 Å². The Morgan fingerprint density at radius 2 is 2.11 bits per heavy atom. The van der Waals surface area contributed by atoms with Crippen LogP contribution in [0.15, 0.2) is 28.8 Å². The summed E-state index contributed by atoms with van der Waals surface area (Å²) in [6.45, 7) is 4.21. The molecule has 0 bridgehead atoms. The minimum absolute atomic E-state index is 0.202. The van der Waals surface area contributed by atoms with Crippen molar-refractivity contribution in [2.45, 2.75) is 25.9 Å². The number of aromatic nitrogens is 2. The lowest BCUT2D eigenvalue weighted by Gasteiger charge is -2.12. The van der Waals surface area contributed by atoms with Crippen LogP contribution in [0.4, 0.5) is 6.01 Å². The molecule has 0 amide bonds. The minimum Gasteiger partial charge on any atom is -0.387 e. The van der Waals surface area contributed by atoms with Gasteiger partial charge >= 0.3 is 6.01 Å². The predicted molar refractivity (Wildman–Crippen MR) is 73.3 cm³/mol. The van der Waals surface area contributed by atoms with Crippen molar-refractivity contribution in [1.82, 2.24) is 10.1 Å². The van der Waals surface area contributed by atoms with Crippen molar-refractivity contribution in [2.75, 3.05) is 11.9 Å². The fourth-order valence-electron chi connectivity index (χ4n) is 1.58. The second-order valence-corrected chi connectivity index (χ2v) is 4.94. The number of aliphatic hydroxyl groups is 1. The third kappa shape index (κ3) is 3.45. The van der Waals surface area contributed by atoms with Crippen LogP contribution in [0.25, 0.3) is 0 Å². The molecule has 1 unspecified atom stereocenters. The largest absolute Gasteiger partial charge is 0.387 e. The normalized spacial score (nSPS) is 12.7. The highest BCUT2D eigenvalue weighted by Crippen LogP contribution is 2.22. The molecule has 0 aliphatic carbocycles. The fraction of sp³-hybridized carbons (Fsp3) is 0.385. The summed E-state index contributed by atoms with van der Waals surface area (Å²) in [4.78, 5) is 4.16. The molecule has 2 rings (SSSR count). The molecule has 6 heteroatoms. The van der Waals surface area contributed by atoms with Crippen LogP contribution in [0.2, 0.25) is 5.02 Å². The van der Waals surface area contributed by atoms with E-state index in [1.165, 1.54) is 0 Å². The number of nitrogens with zero attached hydrogens (tertiary/aromatic N) is 2. The van der Waals surface area contributed by atoms with Gasteiger partial charge in [0.2, 0.25) is 0 Å². The van der Waals surface area contributed by atoms with Crippen molar-refractivity contribution in [3.63, 3.8) is 0 Å². The third-order valence-electron chi connectivity index (χ3n) is 2.67. The van der Waals surface area contributed by atoms with Crippen LogP contribution in [0, 0.1) is 0 Å². The van der Waals surface area contributed by atoms with Crippen LogP contribution in [-0.2, 0) is 0 Å². The summed E-state index contributed by atoms with van der Waals surface area (Å²) >= 11 is 6.01. The van der Waals surface area contributed by atoms with E-state index in [1.54, 1.807) is 12.1 Å². The summed E-state index contributed by atoms with van der Waals surface area (Å²) in [5, 5.41) is 17.3. The molecule has 2 N–H and O–H groups in total. The third-order valence-corrected chi connectivity index (χ3v) is 3.01. The molecular weight excluding hydrogens is 266 g/mol. The Balaban J connectivity index is 1.96. The molecule has 0 radical (unpaired) electrons. The van der Waals surface area contributed by atoms with E-state index in [2.05, 4.69) is 15.5 Å². The molecule has 0 saturated carbocycles. The molecule has 0 spiro atoms. The van der Waals surface area contributed by atoms with Crippen LogP contribution in [-0.4, -0.2) is 21.8 Å². The smallest absolute Gasteiger partial charge is 0.321 e. The van der Waals surface area contributed by atoms with Crippen molar-refractivity contribution in [2.24, 2.45) is 0 Å². The van der Waals surface area contributed by atoms with Gasteiger partial charge in [0.25, 0.3) is 0 Å². The maximum Gasteiger partial charge on any atom is 0.321 e. The quantitative estimate of drug-likeness (QED) is 0.881. The van der Waals surface area contributed by atoms with Crippen molar-refractivity contribution < 1.29 is 9.63 Å². The number of hydrogen-bond acceptors (Lipinski definition) is 5. The highest BCUT2D eigenvalue weighted by atomic mass is 35.5. The van der Waals surface area contributed by atoms with Gasteiger partial charge in [0.15, 0.2) is 5.82 Å². The zero-order valence-corrected chi connectivity index (χ0v) is 11.6. The number of halogens is 1. The first-order valence-electron chi connectivity index (χ1n) is 6.08. The zero-order valence-electron chi connectivity index (χ0n) is 10.8. The van der Waals surface area contributed by atoms with Gasteiger partial charge in [-0.05, 0) is 6.07 Å². The predicted octanol–water partition coefficient (Wildman–Crippen LogP) is 2.99. The van der Waals surface area contributed by atoms with Gasteiger partial charge < -0.3 is 14.9 Å². The van der Waals surface area contributed by atoms with Gasteiger partial charge in [0, 0.05) is 23.0 Å². The lowest BCUT2D eigenvalue weighted by atomic mass is 10.1. The van der Waals surface area contributed by atoms with Crippen molar-refractivity contribution >= 4 is 17.6 Å². The van der Waals surface area contributed by atoms with E-state index in [9.17, 15) is 5.11 Å². The fourth-order valence-corrected chi connectivity index (χ4v) is 1.84. The summed E-state index contributed by atoms with van der Waals surface area (Å²) < 4.78 is 5.03. The van der Waals surface area contributed by atoms with Crippen LogP contribution in [0.3, 0.4) is 0 Å². The average molecular weight is 282 g/mol. The number of aliphatic hydroxyl groups excluding tert-OH is 1. The summed E-state index contributed by atoms with van der Waals surface area (Å²) in [5.74, 6) is 0.836. The van der Waals surface area contributed by atoms with E-state index in [0.717, 1.165) is 0 Å². The van der Waals surface area contributed by atoms with E-state index in [4.69, 9.17) is 16.1 Å². The number of nitrogens with one attached hydrogen (secondary N) is 1. The standard InChI is InChI=1S/C13H16ClN3O2/c1-8(2)12-16-13(19-17-12)15-7-11(18)9-5-3-4-6-10(9)14/h3-6,8,11,18H,7H2,1-2H3,(H,15,16,17). The Morgan fingerprint density at radius 1 is 1.37 bits per heavy atom. The monoisotopic (exact) mass is 281 g/mol. The first-order chi connectivity index (χ1) is 9.08. The first-order valence-corrected chi connectivity index (χ1v) is 6.45. The Kier molecular flexibility index (Phi) is 4.39. The zero-order chi connectivity index (χ0) is 13.8. The molecule has 19 heavy (non-hydrogen) atoms. The number of rotatable bonds is 5. The molecule has 1 atom stereocenters. The van der Waals surface area contributed by atoms with Crippen molar-refractivity contribution in [3.05, 3.63) is 40.7 Å². The van der Waals surface area contributed by atoms with E-state index in [0.29, 0.717) is 22.4 Å². The molecule has 2 aromatic rings. The first kappa shape index (κ1) is 13.8. The van der Waals surface area contributed by atoms with Gasteiger partial charge in [-0.1, -0.05) is 48.8 Å². The Bertz CT molecular complexity index is 542. The number of benzene rings is 1. The molecule has 1 aromatic heterocycles. The molecule has 102 valence electrons. The second kappa shape index (κ2) is 6.04. The van der Waals surface area contributed by atoms with Crippen LogP contribution >= 0.6 is 11.6 Å². The maximum atomic E-state index is 10.0. The number of anilines is 1. The second-order valence-electron chi connectivity index (χ2n) is 4.53. The number of hydrogen-bond donors (Lipinski definition) is 2. The van der Waals surface area contributed by atoms with Gasteiger partial charge in [-0.15, -0.1) is 0 Å². The topological polar surface area (TPSA) is 71.2 Å². The van der Waals surface area contributed by atoms with Gasteiger partial charge in [-0.3, -0.25) is 0 Å². The highest BCUT2D eigenvalue weighted by Gasteiger charge is 2.13. The summed E-state index contributed by atoms with van der Waals surface area (Å²) in [7, 11) is 0. The summed E-state index contributed by atoms with van der Waals surface area (Å²) in [6, 6.07) is 7.47. The molecule has 0 aliphatic heterocycles. The molecule has 0 aliphatic rings. The van der Waals surface area contributed by atoms with E-state index in [1.807, 2.05) is 26.0 Å². The maximum absolute atomic E-state index is 10.0. The van der Waals surface area contributed by atoms with Crippen molar-refractivity contribution in [3.8, 4) is 0 Å². The van der Waals surface area contributed by atoms with E-state index < -0.39 is 6.10 Å². The Labute approximate surface area is 116 Å². The molecule has 5 nitrogen and oxygen atoms in total. The molecule has 1 aromatic carbocycles. The highest BCUT2D eigenvalue weighted by molar-refractivity contribution is 6.31. The van der Waals surface area contributed by atoms with Gasteiger partial charge in [-0.2, -0.15) is 4.98 Å². The van der Waals surface area contributed by atoms with Gasteiger partial charge in [0.05, 0.1) is 6.10 Å². The SMILES string of the molecule is CC(C)c1noc(NCC(O)c2ccccc2Cl)n1. The summed E-state index contributed by atoms with van der Waals surface area (Å²) in [5.41, 5.74) is 0.667. The molecule has 0 fully saturated rings. The summed E-state index contributed by atoms with van der Waals surface area (Å²) in [6.07, 6.45) is -0.733.